The largest absolute Gasteiger partial charge is 0.317 e. The lowest BCUT2D eigenvalue weighted by atomic mass is 15.9. The Morgan fingerprint density at radius 3 is 1.00 bits per heavy atom. The van der Waals surface area contributed by atoms with Crippen molar-refractivity contribution in [2.75, 3.05) is 0 Å². The van der Waals surface area contributed by atoms with Gasteiger partial charge in [-0.15, -0.1) is 0 Å². The van der Waals surface area contributed by atoms with Gasteiger partial charge in [-0.2, -0.15) is 8.42 Å². The molecule has 0 fully saturated rings. The fourth-order valence-electron chi connectivity index (χ4n) is 0. The van der Waals surface area contributed by atoms with Crippen LogP contribution in [0.25, 0.3) is 0 Å². The predicted octanol–water partition coefficient (Wildman–Crippen LogP) is 2.43. The van der Waals surface area contributed by atoms with Crippen LogP contribution in [0.3, 0.4) is 0 Å². The number of hydrogen-bond donors (Lipinski definition) is 0. The molecule has 7 heteroatoms. The first-order valence-corrected chi connectivity index (χ1v) is 3.78. The fourth-order valence-corrected chi connectivity index (χ4v) is 0. The Balaban J connectivity index is -0.0000000800. The zero-order valence-electron chi connectivity index (χ0n) is 2.88. The summed E-state index contributed by atoms with van der Waals surface area (Å²) in [5.74, 6) is 0. The summed E-state index contributed by atoms with van der Waals surface area (Å²) in [4.78, 5) is 0. The standard InChI is InChI=1S/Cl2O2S.2P/c1-5(2,3)4;;. The van der Waals surface area contributed by atoms with Gasteiger partial charge in [0.2, 0.25) is 0 Å². The first-order valence-electron chi connectivity index (χ1n) is 0.642. The molecule has 0 saturated heterocycles. The summed E-state index contributed by atoms with van der Waals surface area (Å²) in [6.45, 7) is 0. The predicted molar refractivity (Wildman–Crippen MR) is 34.5 cm³/mol. The van der Waals surface area contributed by atoms with Gasteiger partial charge in [-0.25, -0.2) is 0 Å². The molecule has 0 unspecified atom stereocenters. The molecule has 0 spiro atoms. The van der Waals surface area contributed by atoms with Gasteiger partial charge in [-0.1, -0.05) is 0 Å². The Kier molecular flexibility index (Phi) is 12.4. The third kappa shape index (κ3) is 111. The van der Waals surface area contributed by atoms with E-state index in [-0.39, 0.29) is 19.8 Å². The van der Waals surface area contributed by atoms with Crippen LogP contribution in [0, 0.1) is 0 Å². The summed E-state index contributed by atoms with van der Waals surface area (Å²) in [7, 11) is 4.81. The summed E-state index contributed by atoms with van der Waals surface area (Å²) in [5, 5.41) is 0. The lowest BCUT2D eigenvalue weighted by Crippen LogP contribution is -1.63. The van der Waals surface area contributed by atoms with Crippen molar-refractivity contribution >= 4 is 49.4 Å². The molecule has 0 aromatic heterocycles. The molecule has 0 atom stereocenters. The van der Waals surface area contributed by atoms with E-state index in [1.165, 1.54) is 0 Å². The van der Waals surface area contributed by atoms with Gasteiger partial charge in [0.05, 0.1) is 0 Å². The maximum Gasteiger partial charge on any atom is 0.317 e. The number of rotatable bonds is 0. The van der Waals surface area contributed by atoms with Gasteiger partial charge in [0, 0.05) is 41.2 Å². The van der Waals surface area contributed by atoms with Gasteiger partial charge >= 0.3 is 8.26 Å². The topological polar surface area (TPSA) is 34.1 Å². The quantitative estimate of drug-likeness (QED) is 0.441. The van der Waals surface area contributed by atoms with Crippen molar-refractivity contribution in [2.24, 2.45) is 0 Å². The molecule has 0 heterocycles. The third-order valence-electron chi connectivity index (χ3n) is 0. The summed E-state index contributed by atoms with van der Waals surface area (Å²) in [5.41, 5.74) is 0. The molecular formula is Cl2O2P2S. The van der Waals surface area contributed by atoms with Crippen molar-refractivity contribution in [2.45, 2.75) is 0 Å². The molecule has 0 aliphatic carbocycles. The first kappa shape index (κ1) is 15.8. The zero-order chi connectivity index (χ0) is 4.50. The summed E-state index contributed by atoms with van der Waals surface area (Å²) in [6.07, 6.45) is 0. The van der Waals surface area contributed by atoms with Crippen LogP contribution >= 0.6 is 41.2 Å². The van der Waals surface area contributed by atoms with Crippen LogP contribution in [-0.2, 0) is 8.26 Å². The van der Waals surface area contributed by atoms with Crippen molar-refractivity contribution in [3.8, 4) is 0 Å². The Hall–Kier alpha value is 1.39. The molecule has 0 bridgehead atoms. The van der Waals surface area contributed by atoms with Gasteiger partial charge in [-0.3, -0.25) is 0 Å². The number of hydrogen-bond acceptors (Lipinski definition) is 2. The average Bonchev–Trinajstić information content (AvgIpc) is 0.722. The molecule has 0 amide bonds. The molecule has 0 rings (SSSR count). The van der Waals surface area contributed by atoms with Crippen LogP contribution in [0.2, 0.25) is 0 Å². The van der Waals surface area contributed by atoms with Gasteiger partial charge < -0.3 is 0 Å². The summed E-state index contributed by atoms with van der Waals surface area (Å²) < 4.78 is 18.3. The smallest absolute Gasteiger partial charge is 0.195 e. The van der Waals surface area contributed by atoms with Gasteiger partial charge in [0.25, 0.3) is 0 Å². The maximum absolute atomic E-state index is 9.16. The second kappa shape index (κ2) is 5.53. The van der Waals surface area contributed by atoms with E-state index in [0.717, 1.165) is 0 Å². The molecule has 0 aliphatic rings. The SMILES string of the molecule is O=S(=O)(Cl)Cl.[P].[P]. The van der Waals surface area contributed by atoms with E-state index in [1.807, 2.05) is 0 Å². The van der Waals surface area contributed by atoms with Crippen LogP contribution in [0.1, 0.15) is 0 Å². The third-order valence-corrected chi connectivity index (χ3v) is 0. The van der Waals surface area contributed by atoms with E-state index < -0.39 is 8.26 Å². The Morgan fingerprint density at radius 1 is 1.00 bits per heavy atom. The molecule has 0 saturated carbocycles. The van der Waals surface area contributed by atoms with E-state index in [4.69, 9.17) is 8.42 Å². The minimum Gasteiger partial charge on any atom is -0.195 e. The Bertz CT molecular complexity index is 96.9. The van der Waals surface area contributed by atoms with Crippen LogP contribution in [0.5, 0.6) is 0 Å². The van der Waals surface area contributed by atoms with Crippen molar-refractivity contribution in [3.05, 3.63) is 0 Å². The maximum atomic E-state index is 9.16. The molecule has 0 aromatic rings. The molecule has 2 nitrogen and oxygen atoms in total. The minimum atomic E-state index is -3.72. The van der Waals surface area contributed by atoms with E-state index in [9.17, 15) is 0 Å². The van der Waals surface area contributed by atoms with Crippen molar-refractivity contribution in [1.29, 1.82) is 0 Å². The second-order valence-corrected chi connectivity index (χ2v) is 4.05. The molecular weight excluding hydrogens is 197 g/mol. The molecule has 0 aliphatic heterocycles. The highest BCUT2D eigenvalue weighted by Crippen LogP contribution is 1.98. The van der Waals surface area contributed by atoms with E-state index in [2.05, 4.69) is 21.4 Å². The average molecular weight is 197 g/mol. The van der Waals surface area contributed by atoms with Gasteiger partial charge in [-0.05, 0) is 0 Å². The highest BCUT2D eigenvalue weighted by molar-refractivity contribution is 8.31. The molecule has 42 valence electrons. The van der Waals surface area contributed by atoms with Crippen LogP contribution in [-0.4, -0.2) is 8.42 Å². The van der Waals surface area contributed by atoms with Crippen molar-refractivity contribution in [3.63, 3.8) is 0 Å². The summed E-state index contributed by atoms with van der Waals surface area (Å²) >= 11 is 0. The second-order valence-electron chi connectivity index (χ2n) is 0.378. The van der Waals surface area contributed by atoms with Gasteiger partial charge in [0.15, 0.2) is 0 Å². The lowest BCUT2D eigenvalue weighted by molar-refractivity contribution is 0.621. The molecule has 7 heavy (non-hydrogen) atoms. The normalized spacial score (nSPS) is 8.29. The summed E-state index contributed by atoms with van der Waals surface area (Å²) in [6, 6.07) is 0. The van der Waals surface area contributed by atoms with Crippen molar-refractivity contribution in [1.82, 2.24) is 0 Å². The fraction of sp³-hybridized carbons (Fsp3) is 0. The lowest BCUT2D eigenvalue weighted by Gasteiger charge is -1.61. The van der Waals surface area contributed by atoms with E-state index in [1.54, 1.807) is 0 Å². The van der Waals surface area contributed by atoms with Crippen molar-refractivity contribution < 1.29 is 8.42 Å². The monoisotopic (exact) mass is 196 g/mol. The van der Waals surface area contributed by atoms with Crippen LogP contribution < -0.4 is 0 Å². The highest BCUT2D eigenvalue weighted by Gasteiger charge is 1.88. The Labute approximate surface area is 58.1 Å². The zero-order valence-corrected chi connectivity index (χ0v) is 6.99. The first-order chi connectivity index (χ1) is 2.00. The highest BCUT2D eigenvalue weighted by atomic mass is 36.0. The van der Waals surface area contributed by atoms with Crippen LogP contribution in [0.4, 0.5) is 0 Å². The van der Waals surface area contributed by atoms with Gasteiger partial charge in [0.1, 0.15) is 0 Å². The number of halogens is 2. The molecule has 0 aromatic carbocycles. The van der Waals surface area contributed by atoms with E-state index >= 15 is 0 Å². The Morgan fingerprint density at radius 2 is 1.00 bits per heavy atom. The molecule has 0 N–H and O–H groups in total. The van der Waals surface area contributed by atoms with Crippen LogP contribution in [0.15, 0.2) is 0 Å². The minimum absolute atomic E-state index is 0. The van der Waals surface area contributed by atoms with E-state index in [0.29, 0.717) is 0 Å². The molecule has 6 radical (unpaired) electrons.